The summed E-state index contributed by atoms with van der Waals surface area (Å²) in [5, 5.41) is 28.6. The van der Waals surface area contributed by atoms with E-state index in [0.29, 0.717) is 5.56 Å². The topological polar surface area (TPSA) is 150 Å². The first-order chi connectivity index (χ1) is 9.79. The summed E-state index contributed by atoms with van der Waals surface area (Å²) in [6.45, 7) is 0. The second-order valence-electron chi connectivity index (χ2n) is 4.47. The van der Waals surface area contributed by atoms with Crippen LogP contribution in [0.25, 0.3) is 0 Å². The average molecular weight is 296 g/mol. The molecule has 21 heavy (non-hydrogen) atoms. The van der Waals surface area contributed by atoms with Gasteiger partial charge < -0.3 is 26.4 Å². The van der Waals surface area contributed by atoms with Crippen LogP contribution in [-0.2, 0) is 20.8 Å². The first-order valence-electron chi connectivity index (χ1n) is 6.08. The molecule has 0 saturated heterocycles. The predicted octanol–water partition coefficient (Wildman–Crippen LogP) is -0.694. The minimum absolute atomic E-state index is 0.0733. The Morgan fingerprint density at radius 1 is 1.14 bits per heavy atom. The molecule has 8 nitrogen and oxygen atoms in total. The number of carboxylic acid groups (broad SMARTS) is 2. The van der Waals surface area contributed by atoms with E-state index in [9.17, 15) is 14.4 Å². The molecule has 1 aromatic rings. The zero-order valence-corrected chi connectivity index (χ0v) is 11.0. The summed E-state index contributed by atoms with van der Waals surface area (Å²) in [6.07, 6.45) is -0.599. The molecule has 0 heterocycles. The van der Waals surface area contributed by atoms with Crippen LogP contribution >= 0.6 is 0 Å². The molecule has 0 aliphatic rings. The van der Waals surface area contributed by atoms with E-state index in [2.05, 4.69) is 5.32 Å². The van der Waals surface area contributed by atoms with Gasteiger partial charge in [0.15, 0.2) is 0 Å². The largest absolute Gasteiger partial charge is 0.508 e. The van der Waals surface area contributed by atoms with Gasteiger partial charge in [-0.05, 0) is 24.1 Å². The zero-order valence-electron chi connectivity index (χ0n) is 11.0. The Labute approximate surface area is 120 Å². The van der Waals surface area contributed by atoms with E-state index in [1.807, 2.05) is 0 Å². The summed E-state index contributed by atoms with van der Waals surface area (Å²) in [5.74, 6) is -3.46. The van der Waals surface area contributed by atoms with Crippen LogP contribution in [-0.4, -0.2) is 45.2 Å². The molecule has 1 rings (SSSR count). The fourth-order valence-corrected chi connectivity index (χ4v) is 1.63. The van der Waals surface area contributed by atoms with E-state index < -0.39 is 36.4 Å². The molecule has 2 atom stereocenters. The molecule has 0 saturated carbocycles. The Morgan fingerprint density at radius 2 is 1.71 bits per heavy atom. The number of rotatable bonds is 7. The molecule has 0 spiro atoms. The van der Waals surface area contributed by atoms with Crippen LogP contribution in [0.2, 0.25) is 0 Å². The maximum Gasteiger partial charge on any atom is 0.326 e. The Morgan fingerprint density at radius 3 is 2.19 bits per heavy atom. The third kappa shape index (κ3) is 5.49. The fourth-order valence-electron chi connectivity index (χ4n) is 1.63. The van der Waals surface area contributed by atoms with Crippen molar-refractivity contribution in [2.75, 3.05) is 0 Å². The highest BCUT2D eigenvalue weighted by Crippen LogP contribution is 2.11. The average Bonchev–Trinajstić information content (AvgIpc) is 2.39. The molecule has 0 aliphatic carbocycles. The molecule has 8 heteroatoms. The quantitative estimate of drug-likeness (QED) is 0.446. The van der Waals surface area contributed by atoms with Crippen molar-refractivity contribution in [1.29, 1.82) is 0 Å². The molecule has 0 unspecified atom stereocenters. The molecule has 1 amide bonds. The number of hydrogen-bond donors (Lipinski definition) is 5. The number of nitrogens with one attached hydrogen (secondary N) is 1. The second kappa shape index (κ2) is 7.25. The number of amides is 1. The van der Waals surface area contributed by atoms with Gasteiger partial charge in [-0.2, -0.15) is 0 Å². The Balaban J connectivity index is 2.62. The highest BCUT2D eigenvalue weighted by molar-refractivity contribution is 5.89. The number of carbonyl (C=O) groups excluding carboxylic acids is 1. The van der Waals surface area contributed by atoms with Crippen LogP contribution in [0.1, 0.15) is 12.0 Å². The molecule has 6 N–H and O–H groups in total. The normalized spacial score (nSPS) is 13.2. The van der Waals surface area contributed by atoms with Crippen molar-refractivity contribution in [3.8, 4) is 5.75 Å². The van der Waals surface area contributed by atoms with Crippen LogP contribution < -0.4 is 11.1 Å². The number of benzene rings is 1. The van der Waals surface area contributed by atoms with Gasteiger partial charge in [0, 0.05) is 0 Å². The van der Waals surface area contributed by atoms with Gasteiger partial charge in [0.25, 0.3) is 0 Å². The van der Waals surface area contributed by atoms with E-state index in [1.165, 1.54) is 12.1 Å². The van der Waals surface area contributed by atoms with E-state index in [-0.39, 0.29) is 12.2 Å². The number of nitrogens with two attached hydrogens (primary N) is 1. The highest BCUT2D eigenvalue weighted by Gasteiger charge is 2.25. The van der Waals surface area contributed by atoms with Crippen LogP contribution in [0.3, 0.4) is 0 Å². The number of carboxylic acids is 2. The van der Waals surface area contributed by atoms with Crippen molar-refractivity contribution >= 4 is 17.8 Å². The van der Waals surface area contributed by atoms with Gasteiger partial charge in [-0.25, -0.2) is 4.79 Å². The third-order valence-electron chi connectivity index (χ3n) is 2.72. The molecule has 0 aliphatic heterocycles. The van der Waals surface area contributed by atoms with Crippen LogP contribution in [0, 0.1) is 0 Å². The van der Waals surface area contributed by atoms with Crippen LogP contribution in [0.15, 0.2) is 24.3 Å². The highest BCUT2D eigenvalue weighted by atomic mass is 16.4. The minimum Gasteiger partial charge on any atom is -0.508 e. The maximum absolute atomic E-state index is 11.8. The van der Waals surface area contributed by atoms with Crippen LogP contribution in [0.4, 0.5) is 0 Å². The minimum atomic E-state index is -1.53. The summed E-state index contributed by atoms with van der Waals surface area (Å²) in [5.41, 5.74) is 6.33. The third-order valence-corrected chi connectivity index (χ3v) is 2.72. The second-order valence-corrected chi connectivity index (χ2v) is 4.47. The van der Waals surface area contributed by atoms with Gasteiger partial charge in [-0.15, -0.1) is 0 Å². The summed E-state index contributed by atoms with van der Waals surface area (Å²) in [4.78, 5) is 33.1. The molecule has 0 bridgehead atoms. The van der Waals surface area contributed by atoms with Gasteiger partial charge in [0.05, 0.1) is 12.5 Å². The fraction of sp³-hybridized carbons (Fsp3) is 0.308. The maximum atomic E-state index is 11.8. The number of aliphatic carboxylic acids is 2. The summed E-state index contributed by atoms with van der Waals surface area (Å²) in [6, 6.07) is 3.48. The number of aromatic hydroxyl groups is 1. The van der Waals surface area contributed by atoms with Gasteiger partial charge in [0.1, 0.15) is 11.8 Å². The van der Waals surface area contributed by atoms with Gasteiger partial charge in [-0.3, -0.25) is 9.59 Å². The Hall–Kier alpha value is -2.61. The van der Waals surface area contributed by atoms with E-state index in [1.54, 1.807) is 12.1 Å². The molecule has 1 aromatic carbocycles. The van der Waals surface area contributed by atoms with E-state index in [4.69, 9.17) is 21.1 Å². The number of carbonyl (C=O) groups is 3. The molecular weight excluding hydrogens is 280 g/mol. The SMILES string of the molecule is N[C@@H](Cc1ccc(O)cc1)C(=O)N[C@@H](CC(=O)O)C(=O)O. The standard InChI is InChI=1S/C13H16N2O6/c14-9(5-7-1-3-8(16)4-2-7)12(19)15-10(13(20)21)6-11(17)18/h1-4,9-10,16H,5-6,14H2,(H,15,19)(H,17,18)(H,20,21)/t9-,10-/m0/s1. The van der Waals surface area contributed by atoms with Gasteiger partial charge >= 0.3 is 11.9 Å². The van der Waals surface area contributed by atoms with Crippen LogP contribution in [0.5, 0.6) is 5.75 Å². The van der Waals surface area contributed by atoms with Crippen molar-refractivity contribution in [3.63, 3.8) is 0 Å². The smallest absolute Gasteiger partial charge is 0.326 e. The van der Waals surface area contributed by atoms with Gasteiger partial charge in [0.2, 0.25) is 5.91 Å². The lowest BCUT2D eigenvalue weighted by molar-refractivity contribution is -0.147. The Bertz CT molecular complexity index is 528. The number of phenolic OH excluding ortho intramolecular Hbond substituents is 1. The van der Waals surface area contributed by atoms with E-state index in [0.717, 1.165) is 0 Å². The molecule has 114 valence electrons. The first kappa shape index (κ1) is 16.4. The zero-order chi connectivity index (χ0) is 16.0. The van der Waals surface area contributed by atoms with Crippen molar-refractivity contribution in [2.24, 2.45) is 5.73 Å². The summed E-state index contributed by atoms with van der Waals surface area (Å²) < 4.78 is 0. The first-order valence-corrected chi connectivity index (χ1v) is 6.08. The van der Waals surface area contributed by atoms with Crippen molar-refractivity contribution < 1.29 is 29.7 Å². The summed E-state index contributed by atoms with van der Waals surface area (Å²) >= 11 is 0. The van der Waals surface area contributed by atoms with Crippen molar-refractivity contribution in [3.05, 3.63) is 29.8 Å². The predicted molar refractivity (Wildman–Crippen MR) is 71.6 cm³/mol. The van der Waals surface area contributed by atoms with Crippen molar-refractivity contribution in [2.45, 2.75) is 24.9 Å². The molecule has 0 radical (unpaired) electrons. The lowest BCUT2D eigenvalue weighted by atomic mass is 10.1. The summed E-state index contributed by atoms with van der Waals surface area (Å²) in [7, 11) is 0. The Kier molecular flexibility index (Phi) is 5.67. The monoisotopic (exact) mass is 296 g/mol. The molecular formula is C13H16N2O6. The lowest BCUT2D eigenvalue weighted by Gasteiger charge is -2.16. The van der Waals surface area contributed by atoms with E-state index >= 15 is 0 Å². The molecule has 0 fully saturated rings. The molecule has 0 aromatic heterocycles. The number of phenols is 1. The van der Waals surface area contributed by atoms with Crippen molar-refractivity contribution in [1.82, 2.24) is 5.32 Å². The number of hydrogen-bond acceptors (Lipinski definition) is 5. The van der Waals surface area contributed by atoms with Gasteiger partial charge in [-0.1, -0.05) is 12.1 Å². The lowest BCUT2D eigenvalue weighted by Crippen LogP contribution is -2.49.